The lowest BCUT2D eigenvalue weighted by molar-refractivity contribution is -0.130. The summed E-state index contributed by atoms with van der Waals surface area (Å²) < 4.78 is 4.69. The van der Waals surface area contributed by atoms with Gasteiger partial charge in [-0.1, -0.05) is 18.2 Å². The number of primary amides is 1. The molecule has 0 aromatic heterocycles. The Morgan fingerprint density at radius 2 is 1.88 bits per heavy atom. The number of esters is 1. The van der Waals surface area contributed by atoms with E-state index in [1.807, 2.05) is 6.07 Å². The molecule has 5 nitrogen and oxygen atoms in total. The molecule has 17 heavy (non-hydrogen) atoms. The number of nitrogens with one attached hydrogen (secondary N) is 1. The minimum Gasteiger partial charge on any atom is -0.396 e. The number of hydrogen-bond acceptors (Lipinski definition) is 4. The molecule has 0 fully saturated rings. The number of ether oxygens (including phenoxy) is 1. The van der Waals surface area contributed by atoms with Crippen molar-refractivity contribution >= 4 is 35.0 Å². The van der Waals surface area contributed by atoms with Crippen LogP contribution in [0.4, 0.5) is 5.69 Å². The summed E-state index contributed by atoms with van der Waals surface area (Å²) in [7, 11) is 0. The zero-order valence-corrected chi connectivity index (χ0v) is 9.57. The second-order valence-corrected chi connectivity index (χ2v) is 3.31. The lowest BCUT2D eigenvalue weighted by Gasteiger charge is -2.05. The Balaban J connectivity index is 2.45. The molecule has 0 aliphatic rings. The third-order valence-electron chi connectivity index (χ3n) is 1.60. The highest BCUT2D eigenvalue weighted by Gasteiger charge is 2.03. The van der Waals surface area contributed by atoms with E-state index in [0.29, 0.717) is 5.69 Å². The van der Waals surface area contributed by atoms with Crippen molar-refractivity contribution in [2.45, 2.75) is 0 Å². The third kappa shape index (κ3) is 5.43. The highest BCUT2D eigenvalue weighted by Crippen LogP contribution is 2.05. The Labute approximate surface area is 103 Å². The number of benzene rings is 1. The second-order valence-electron chi connectivity index (χ2n) is 2.94. The van der Waals surface area contributed by atoms with Crippen LogP contribution in [0.25, 0.3) is 0 Å². The van der Waals surface area contributed by atoms with Crippen molar-refractivity contribution in [1.29, 1.82) is 0 Å². The van der Waals surface area contributed by atoms with Crippen molar-refractivity contribution in [3.8, 4) is 0 Å². The number of carbonyl (C=O) groups excluding carboxylic acids is 2. The number of hydrogen-bond donors (Lipinski definition) is 2. The van der Waals surface area contributed by atoms with Crippen LogP contribution in [0.2, 0.25) is 0 Å². The molecule has 88 valence electrons. The standard InChI is InChI=1S/C11H10N2O3S/c12-9(14)6-7-10(15)16-11(17)13-8-4-2-1-3-5-8/h1-7H,(H2,12,14)(H,13,17). The van der Waals surface area contributed by atoms with E-state index in [2.05, 4.69) is 5.32 Å². The fourth-order valence-corrected chi connectivity index (χ4v) is 1.14. The first kappa shape index (κ1) is 12.9. The molecule has 0 radical (unpaired) electrons. The van der Waals surface area contributed by atoms with Gasteiger partial charge in [0.25, 0.3) is 5.17 Å². The molecule has 0 heterocycles. The van der Waals surface area contributed by atoms with Crippen LogP contribution in [0.1, 0.15) is 0 Å². The molecule has 0 spiro atoms. The van der Waals surface area contributed by atoms with Crippen molar-refractivity contribution in [3.63, 3.8) is 0 Å². The van der Waals surface area contributed by atoms with Crippen molar-refractivity contribution in [3.05, 3.63) is 42.5 Å². The highest BCUT2D eigenvalue weighted by atomic mass is 32.1. The van der Waals surface area contributed by atoms with Crippen LogP contribution in [0, 0.1) is 0 Å². The molecule has 6 heteroatoms. The van der Waals surface area contributed by atoms with Gasteiger partial charge in [0.15, 0.2) is 0 Å². The molecule has 1 rings (SSSR count). The zero-order valence-electron chi connectivity index (χ0n) is 8.75. The highest BCUT2D eigenvalue weighted by molar-refractivity contribution is 7.80. The van der Waals surface area contributed by atoms with E-state index in [1.54, 1.807) is 24.3 Å². The van der Waals surface area contributed by atoms with E-state index in [-0.39, 0.29) is 5.17 Å². The summed E-state index contributed by atoms with van der Waals surface area (Å²) in [4.78, 5) is 21.5. The molecule has 0 unspecified atom stereocenters. The maximum Gasteiger partial charge on any atom is 0.338 e. The Kier molecular flexibility index (Phi) is 4.83. The quantitative estimate of drug-likeness (QED) is 0.474. The molecule has 1 amide bonds. The Hall–Kier alpha value is -2.21. The van der Waals surface area contributed by atoms with Crippen LogP contribution >= 0.6 is 12.2 Å². The van der Waals surface area contributed by atoms with Gasteiger partial charge in [0.1, 0.15) is 0 Å². The van der Waals surface area contributed by atoms with Crippen LogP contribution in [0.15, 0.2) is 42.5 Å². The molecule has 0 atom stereocenters. The average molecular weight is 250 g/mol. The van der Waals surface area contributed by atoms with Gasteiger partial charge in [-0.3, -0.25) is 4.79 Å². The van der Waals surface area contributed by atoms with Crippen LogP contribution in [-0.4, -0.2) is 17.1 Å². The van der Waals surface area contributed by atoms with Crippen LogP contribution in [0.3, 0.4) is 0 Å². The predicted molar refractivity (Wildman–Crippen MR) is 67.1 cm³/mol. The zero-order chi connectivity index (χ0) is 12.7. The van der Waals surface area contributed by atoms with E-state index in [9.17, 15) is 9.59 Å². The Morgan fingerprint density at radius 1 is 1.24 bits per heavy atom. The first-order valence-electron chi connectivity index (χ1n) is 4.63. The first-order chi connectivity index (χ1) is 8.08. The van der Waals surface area contributed by atoms with Gasteiger partial charge in [-0.15, -0.1) is 0 Å². The first-order valence-corrected chi connectivity index (χ1v) is 5.04. The van der Waals surface area contributed by atoms with Gasteiger partial charge in [-0.25, -0.2) is 4.79 Å². The molecule has 0 aliphatic heterocycles. The number of amides is 1. The molecule has 1 aromatic rings. The fourth-order valence-electron chi connectivity index (χ4n) is 0.940. The van der Waals surface area contributed by atoms with E-state index in [1.165, 1.54) is 0 Å². The minimum atomic E-state index is -0.766. The molecule has 1 aromatic carbocycles. The minimum absolute atomic E-state index is 0.102. The van der Waals surface area contributed by atoms with E-state index >= 15 is 0 Å². The number of thiocarbonyl (C=S) groups is 1. The maximum atomic E-state index is 11.1. The van der Waals surface area contributed by atoms with Crippen molar-refractivity contribution in [2.24, 2.45) is 5.73 Å². The molecular formula is C11H10N2O3S. The fraction of sp³-hybridized carbons (Fsp3) is 0. The van der Waals surface area contributed by atoms with E-state index in [0.717, 1.165) is 12.2 Å². The average Bonchev–Trinajstić information content (AvgIpc) is 2.27. The van der Waals surface area contributed by atoms with Crippen LogP contribution in [-0.2, 0) is 14.3 Å². The van der Waals surface area contributed by atoms with Gasteiger partial charge in [0.05, 0.1) is 0 Å². The molecule has 3 N–H and O–H groups in total. The third-order valence-corrected chi connectivity index (χ3v) is 1.78. The van der Waals surface area contributed by atoms with Crippen LogP contribution in [0.5, 0.6) is 0 Å². The van der Waals surface area contributed by atoms with Gasteiger partial charge in [0, 0.05) is 17.8 Å². The monoisotopic (exact) mass is 250 g/mol. The van der Waals surface area contributed by atoms with Crippen molar-refractivity contribution < 1.29 is 14.3 Å². The number of nitrogens with two attached hydrogens (primary N) is 1. The van der Waals surface area contributed by atoms with Crippen molar-refractivity contribution in [1.82, 2.24) is 0 Å². The summed E-state index contributed by atoms with van der Waals surface area (Å²) in [5, 5.41) is 2.60. The smallest absolute Gasteiger partial charge is 0.338 e. The summed E-state index contributed by atoms with van der Waals surface area (Å²) in [5.41, 5.74) is 5.51. The maximum absolute atomic E-state index is 11.1. The summed E-state index contributed by atoms with van der Waals surface area (Å²) in [6, 6.07) is 8.98. The molecule has 0 saturated heterocycles. The number of anilines is 1. The number of para-hydroxylation sites is 1. The predicted octanol–water partition coefficient (Wildman–Crippen LogP) is 0.968. The molecule has 0 aliphatic carbocycles. The molecule has 0 bridgehead atoms. The van der Waals surface area contributed by atoms with Crippen LogP contribution < -0.4 is 11.1 Å². The van der Waals surface area contributed by atoms with Crippen molar-refractivity contribution in [2.75, 3.05) is 5.32 Å². The summed E-state index contributed by atoms with van der Waals surface area (Å²) >= 11 is 4.79. The Morgan fingerprint density at radius 3 is 2.47 bits per heavy atom. The second kappa shape index (κ2) is 6.39. The summed E-state index contributed by atoms with van der Waals surface area (Å²) in [6.07, 6.45) is 1.80. The Bertz CT molecular complexity index is 457. The van der Waals surface area contributed by atoms with E-state index in [4.69, 9.17) is 22.7 Å². The normalized spacial score (nSPS) is 9.88. The summed E-state index contributed by atoms with van der Waals surface area (Å²) in [5.74, 6) is -1.50. The molecular weight excluding hydrogens is 240 g/mol. The lowest BCUT2D eigenvalue weighted by Crippen LogP contribution is -2.17. The SMILES string of the molecule is NC(=O)C=CC(=O)OC(=S)Nc1ccccc1. The van der Waals surface area contributed by atoms with Gasteiger partial charge < -0.3 is 15.8 Å². The van der Waals surface area contributed by atoms with Gasteiger partial charge in [-0.2, -0.15) is 0 Å². The summed E-state index contributed by atoms with van der Waals surface area (Å²) in [6.45, 7) is 0. The lowest BCUT2D eigenvalue weighted by atomic mass is 10.3. The number of carbonyl (C=O) groups is 2. The number of rotatable bonds is 3. The van der Waals surface area contributed by atoms with Gasteiger partial charge in [-0.05, 0) is 24.4 Å². The van der Waals surface area contributed by atoms with Gasteiger partial charge in [0.2, 0.25) is 5.91 Å². The molecule has 0 saturated carbocycles. The topological polar surface area (TPSA) is 81.4 Å². The largest absolute Gasteiger partial charge is 0.396 e. The van der Waals surface area contributed by atoms with Gasteiger partial charge >= 0.3 is 5.97 Å². The van der Waals surface area contributed by atoms with E-state index < -0.39 is 11.9 Å².